The second-order valence-corrected chi connectivity index (χ2v) is 21.5. The van der Waals surface area contributed by atoms with Gasteiger partial charge in [-0.05, 0) is 160 Å². The van der Waals surface area contributed by atoms with Gasteiger partial charge in [0.25, 0.3) is 6.71 Å². The zero-order chi connectivity index (χ0) is 50.3. The van der Waals surface area contributed by atoms with E-state index in [2.05, 4.69) is 296 Å². The third-order valence-corrected chi connectivity index (χ3v) is 16.6. The van der Waals surface area contributed by atoms with Crippen LogP contribution in [0.1, 0.15) is 65.5 Å². The zero-order valence-corrected chi connectivity index (χ0v) is 43.2. The fourth-order valence-corrected chi connectivity index (χ4v) is 11.9. The molecule has 74 heavy (non-hydrogen) atoms. The van der Waals surface area contributed by atoms with Crippen LogP contribution in [0.5, 0.6) is 0 Å². The molecular weight excluding hydrogens is 898 g/mol. The molecule has 2 aromatic heterocycles. The summed E-state index contributed by atoms with van der Waals surface area (Å²) in [5.41, 5.74) is 21.7. The van der Waals surface area contributed by atoms with Crippen LogP contribution in [0.15, 0.2) is 231 Å². The highest BCUT2D eigenvalue weighted by molar-refractivity contribution is 7.00. The number of fused-ring (bicyclic) bond motifs is 4. The van der Waals surface area contributed by atoms with Gasteiger partial charge in [-0.25, -0.2) is 0 Å². The van der Waals surface area contributed by atoms with Crippen LogP contribution in [0.25, 0.3) is 33.2 Å². The smallest absolute Gasteiger partial charge is 0.252 e. The Labute approximate surface area is 436 Å². The summed E-state index contributed by atoms with van der Waals surface area (Å²) >= 11 is 0. The van der Waals surface area contributed by atoms with E-state index in [0.29, 0.717) is 0 Å². The van der Waals surface area contributed by atoms with Crippen LogP contribution < -0.4 is 31.1 Å². The molecule has 6 heteroatoms. The minimum Gasteiger partial charge on any atom is -0.317 e. The number of aromatic nitrogens is 2. The highest BCUT2D eigenvalue weighted by Gasteiger charge is 2.41. The molecule has 4 heterocycles. The average Bonchev–Trinajstić information content (AvgIpc) is 4.14. The molecule has 13 rings (SSSR count). The second-order valence-electron chi connectivity index (χ2n) is 21.5. The largest absolute Gasteiger partial charge is 0.317 e. The van der Waals surface area contributed by atoms with Crippen LogP contribution >= 0.6 is 0 Å². The first kappa shape index (κ1) is 45.4. The average molecular weight is 958 g/mol. The van der Waals surface area contributed by atoms with Crippen LogP contribution in [0.2, 0.25) is 0 Å². The highest BCUT2D eigenvalue weighted by Crippen LogP contribution is 2.46. The van der Waals surface area contributed by atoms with Crippen molar-refractivity contribution in [1.82, 2.24) is 9.13 Å². The standard InChI is InChI=1S/C68H60BN5/c1-7-67(3,4)47-29-33-53(34-30-47)72(54-35-31-48(32-36-54)68(5,6)8-2)55-45-62-64-63(46-55)71-44-42-57-61(74(51-25-17-11-18-26-51)52-27-19-12-20-28-52)40-38-59(66(57)71)69(64)58-37-39-60(56-41-43-70(62)65(56)58)73(49-21-13-9-14-22-49)50-23-15-10-16-24-50/h9-46H,7-8H2,1-6H3. The van der Waals surface area contributed by atoms with Gasteiger partial charge in [-0.1, -0.05) is 151 Å². The van der Waals surface area contributed by atoms with Crippen molar-refractivity contribution in [2.45, 2.75) is 65.2 Å². The number of rotatable bonds is 13. The van der Waals surface area contributed by atoms with Crippen molar-refractivity contribution >= 4 is 96.1 Å². The van der Waals surface area contributed by atoms with Gasteiger partial charge in [-0.3, -0.25) is 0 Å². The number of hydrogen-bond acceptors (Lipinski definition) is 3. The van der Waals surface area contributed by atoms with Crippen molar-refractivity contribution in [1.29, 1.82) is 0 Å². The molecule has 0 saturated carbocycles. The molecule has 0 aliphatic carbocycles. The summed E-state index contributed by atoms with van der Waals surface area (Å²) in [6, 6.07) is 81.1. The van der Waals surface area contributed by atoms with Crippen LogP contribution in [0, 0.1) is 0 Å². The molecule has 0 radical (unpaired) electrons. The maximum atomic E-state index is 2.49. The summed E-state index contributed by atoms with van der Waals surface area (Å²) in [5.74, 6) is 0. The molecule has 0 saturated heterocycles. The summed E-state index contributed by atoms with van der Waals surface area (Å²) in [4.78, 5) is 7.31. The van der Waals surface area contributed by atoms with Crippen molar-refractivity contribution in [2.75, 3.05) is 14.7 Å². The molecule has 0 spiro atoms. The third kappa shape index (κ3) is 7.22. The monoisotopic (exact) mass is 957 g/mol. The Balaban J connectivity index is 1.09. The molecule has 2 aliphatic rings. The highest BCUT2D eigenvalue weighted by atomic mass is 15.2. The Morgan fingerprint density at radius 1 is 0.365 bits per heavy atom. The molecule has 5 nitrogen and oxygen atoms in total. The lowest BCUT2D eigenvalue weighted by Gasteiger charge is -2.36. The van der Waals surface area contributed by atoms with E-state index in [1.54, 1.807) is 0 Å². The number of anilines is 9. The van der Waals surface area contributed by atoms with Gasteiger partial charge in [-0.2, -0.15) is 0 Å². The van der Waals surface area contributed by atoms with Gasteiger partial charge >= 0.3 is 0 Å². The van der Waals surface area contributed by atoms with Crippen LogP contribution in [-0.4, -0.2) is 15.8 Å². The molecule has 0 atom stereocenters. The van der Waals surface area contributed by atoms with Gasteiger partial charge in [0.1, 0.15) is 0 Å². The first-order chi connectivity index (χ1) is 36.1. The Morgan fingerprint density at radius 2 is 0.703 bits per heavy atom. The second kappa shape index (κ2) is 17.6. The van der Waals surface area contributed by atoms with Crippen LogP contribution in [0.4, 0.5) is 51.2 Å². The van der Waals surface area contributed by atoms with E-state index in [0.717, 1.165) is 64.0 Å². The number of benzene rings is 9. The van der Waals surface area contributed by atoms with E-state index >= 15 is 0 Å². The number of para-hydroxylation sites is 4. The molecule has 9 aromatic carbocycles. The van der Waals surface area contributed by atoms with Crippen molar-refractivity contribution in [2.24, 2.45) is 0 Å². The topological polar surface area (TPSA) is 19.6 Å². The van der Waals surface area contributed by atoms with E-state index in [4.69, 9.17) is 0 Å². The van der Waals surface area contributed by atoms with Crippen molar-refractivity contribution in [3.8, 4) is 11.4 Å². The summed E-state index contributed by atoms with van der Waals surface area (Å²) < 4.78 is 4.98. The van der Waals surface area contributed by atoms with Gasteiger partial charge in [0.2, 0.25) is 0 Å². The van der Waals surface area contributed by atoms with E-state index in [1.807, 2.05) is 0 Å². The van der Waals surface area contributed by atoms with E-state index in [1.165, 1.54) is 60.7 Å². The Kier molecular flexibility index (Phi) is 10.8. The first-order valence-corrected chi connectivity index (χ1v) is 26.4. The molecule has 0 fully saturated rings. The Bertz CT molecular complexity index is 3530. The summed E-state index contributed by atoms with van der Waals surface area (Å²) in [6.45, 7) is 13.9. The van der Waals surface area contributed by atoms with Gasteiger partial charge in [0.05, 0.1) is 28.1 Å². The summed E-state index contributed by atoms with van der Waals surface area (Å²) in [7, 11) is 0. The third-order valence-electron chi connectivity index (χ3n) is 16.6. The molecule has 360 valence electrons. The quantitative estimate of drug-likeness (QED) is 0.107. The molecule has 0 unspecified atom stereocenters. The maximum Gasteiger partial charge on any atom is 0.252 e. The molecule has 0 amide bonds. The van der Waals surface area contributed by atoms with Gasteiger partial charge in [0.15, 0.2) is 0 Å². The number of nitrogens with zero attached hydrogens (tertiary/aromatic N) is 5. The van der Waals surface area contributed by atoms with Crippen molar-refractivity contribution in [3.63, 3.8) is 0 Å². The van der Waals surface area contributed by atoms with E-state index in [-0.39, 0.29) is 17.5 Å². The molecule has 2 aliphatic heterocycles. The zero-order valence-electron chi connectivity index (χ0n) is 43.2. The lowest BCUT2D eigenvalue weighted by atomic mass is 9.34. The lowest BCUT2D eigenvalue weighted by Crippen LogP contribution is -2.59. The van der Waals surface area contributed by atoms with Crippen LogP contribution in [0.3, 0.4) is 0 Å². The Hall–Kier alpha value is -8.48. The molecular formula is C68H60BN5. The first-order valence-electron chi connectivity index (χ1n) is 26.4. The van der Waals surface area contributed by atoms with Gasteiger partial charge in [-0.15, -0.1) is 0 Å². The van der Waals surface area contributed by atoms with Crippen molar-refractivity contribution in [3.05, 3.63) is 242 Å². The molecule has 11 aromatic rings. The van der Waals surface area contributed by atoms with Gasteiger partial charge < -0.3 is 23.8 Å². The number of hydrogen-bond donors (Lipinski definition) is 0. The summed E-state index contributed by atoms with van der Waals surface area (Å²) in [6.07, 6.45) is 6.76. The Morgan fingerprint density at radius 3 is 1.04 bits per heavy atom. The van der Waals surface area contributed by atoms with Gasteiger partial charge in [0, 0.05) is 68.7 Å². The fraction of sp³-hybridized carbons (Fsp3) is 0.147. The predicted octanol–water partition coefficient (Wildman–Crippen LogP) is 16.5. The fourth-order valence-electron chi connectivity index (χ4n) is 11.9. The molecule has 0 N–H and O–H groups in total. The van der Waals surface area contributed by atoms with Crippen molar-refractivity contribution < 1.29 is 0 Å². The normalized spacial score (nSPS) is 12.5. The van der Waals surface area contributed by atoms with E-state index < -0.39 is 0 Å². The lowest BCUT2D eigenvalue weighted by molar-refractivity contribution is 0.506. The molecule has 0 bridgehead atoms. The SMILES string of the molecule is CCC(C)(C)c1ccc(N(c2ccc(C(C)(C)CC)cc2)c2cc3c4c(c2)-n2ccc5c(N(c6ccccc6)c6ccccc6)ccc(c52)B4c2ccc(N(c4ccccc4)c4ccccc4)c4ccn-3c24)cc1. The summed E-state index contributed by atoms with van der Waals surface area (Å²) in [5, 5.41) is 2.42. The predicted molar refractivity (Wildman–Crippen MR) is 315 cm³/mol. The minimum atomic E-state index is -0.0321. The van der Waals surface area contributed by atoms with E-state index in [9.17, 15) is 0 Å². The van der Waals surface area contributed by atoms with Crippen LogP contribution in [-0.2, 0) is 10.8 Å². The minimum absolute atomic E-state index is 0.0321. The maximum absolute atomic E-state index is 2.49.